The normalized spacial score (nSPS) is 20.7. The van der Waals surface area contributed by atoms with Gasteiger partial charge in [0.15, 0.2) is 17.5 Å². The van der Waals surface area contributed by atoms with Gasteiger partial charge in [-0.3, -0.25) is 53.7 Å². The number of benzene rings is 2. The van der Waals surface area contributed by atoms with E-state index in [0.717, 1.165) is 17.0 Å². The molecule has 3 N–H and O–H groups in total. The van der Waals surface area contributed by atoms with E-state index in [1.807, 2.05) is 0 Å². The number of anilines is 2. The summed E-state index contributed by atoms with van der Waals surface area (Å²) in [7, 11) is 0. The predicted octanol–water partition coefficient (Wildman–Crippen LogP) is 3.23. The van der Waals surface area contributed by atoms with Gasteiger partial charge in [0.2, 0.25) is 17.7 Å². The number of carbonyl (C=O) groups is 7. The van der Waals surface area contributed by atoms with Gasteiger partial charge in [0.25, 0.3) is 23.6 Å². The topological polar surface area (TPSA) is 211 Å². The molecule has 1 aromatic heterocycles. The molecule has 1 saturated carbocycles. The number of nitrogens with one attached hydrogen (secondary N) is 3. The Labute approximate surface area is 349 Å². The molecule has 2 unspecified atom stereocenters. The van der Waals surface area contributed by atoms with E-state index in [1.165, 1.54) is 49.2 Å². The molecule has 7 amide bonds. The van der Waals surface area contributed by atoms with Crippen molar-refractivity contribution in [2.45, 2.75) is 63.2 Å². The maximum absolute atomic E-state index is 15.4. The smallest absolute Gasteiger partial charge is 0.420 e. The summed E-state index contributed by atoms with van der Waals surface area (Å²) in [5.41, 5.74) is -4.20. The molecule has 0 spiro atoms. The van der Waals surface area contributed by atoms with Crippen LogP contribution in [0.15, 0.2) is 48.7 Å². The molecule has 7 rings (SSSR count). The highest BCUT2D eigenvalue weighted by Gasteiger charge is 2.53. The predicted molar refractivity (Wildman–Crippen MR) is 207 cm³/mol. The Morgan fingerprint density at radius 2 is 1.79 bits per heavy atom. The van der Waals surface area contributed by atoms with Crippen LogP contribution in [0.1, 0.15) is 83.0 Å². The first-order valence-corrected chi connectivity index (χ1v) is 19.2. The van der Waals surface area contributed by atoms with Gasteiger partial charge in [0.05, 0.1) is 40.3 Å². The van der Waals surface area contributed by atoms with E-state index in [-0.39, 0.29) is 59.7 Å². The van der Waals surface area contributed by atoms with Crippen LogP contribution in [0, 0.1) is 23.1 Å². The van der Waals surface area contributed by atoms with Crippen LogP contribution in [0.4, 0.5) is 28.9 Å². The fourth-order valence-electron chi connectivity index (χ4n) is 7.57. The molecule has 4 aliphatic rings. The number of imide groups is 2. The minimum Gasteiger partial charge on any atom is -0.483 e. The lowest BCUT2D eigenvalue weighted by molar-refractivity contribution is -0.140. The quantitative estimate of drug-likeness (QED) is 0.104. The number of ether oxygens (including phenoxy) is 1. The van der Waals surface area contributed by atoms with Gasteiger partial charge in [0.1, 0.15) is 22.9 Å². The Morgan fingerprint density at radius 1 is 1.05 bits per heavy atom. The Bertz CT molecular complexity index is 2470. The number of amides is 7. The van der Waals surface area contributed by atoms with Crippen LogP contribution in [0.3, 0.4) is 0 Å². The van der Waals surface area contributed by atoms with Gasteiger partial charge in [-0.05, 0) is 81.7 Å². The Morgan fingerprint density at radius 3 is 2.46 bits per heavy atom. The Kier molecular flexibility index (Phi) is 11.1. The number of hydrogen-bond donors (Lipinski definition) is 3. The molecule has 2 saturated heterocycles. The fraction of sp³-hybridized carbons (Fsp3) is 0.350. The molecule has 21 heteroatoms. The zero-order valence-corrected chi connectivity index (χ0v) is 33.0. The Hall–Kier alpha value is -6.82. The largest absolute Gasteiger partial charge is 0.483 e. The number of piperidine rings is 1. The third-order valence-electron chi connectivity index (χ3n) is 10.7. The summed E-state index contributed by atoms with van der Waals surface area (Å²) in [6.07, 6.45) is -3.01. The van der Waals surface area contributed by atoms with E-state index < -0.39 is 88.4 Å². The molecule has 2 aromatic carbocycles. The van der Waals surface area contributed by atoms with Crippen LogP contribution in [-0.2, 0) is 30.1 Å². The summed E-state index contributed by atoms with van der Waals surface area (Å²) >= 11 is 5.48. The minimum absolute atomic E-state index is 0.00530. The van der Waals surface area contributed by atoms with Crippen molar-refractivity contribution >= 4 is 70.1 Å². The van der Waals surface area contributed by atoms with E-state index in [4.69, 9.17) is 22.2 Å². The lowest BCUT2D eigenvalue weighted by Crippen LogP contribution is -2.54. The Balaban J connectivity index is 0.875. The van der Waals surface area contributed by atoms with Gasteiger partial charge < -0.3 is 20.3 Å². The molecule has 3 aromatic rings. The first kappa shape index (κ1) is 42.3. The summed E-state index contributed by atoms with van der Waals surface area (Å²) in [5.74, 6) is -6.77. The fourth-order valence-corrected chi connectivity index (χ4v) is 8.08. The molecule has 0 bridgehead atoms. The molecule has 1 aliphatic carbocycles. The van der Waals surface area contributed by atoms with Crippen LogP contribution in [0.5, 0.6) is 5.75 Å². The first-order chi connectivity index (χ1) is 28.9. The van der Waals surface area contributed by atoms with E-state index in [0.29, 0.717) is 29.1 Å². The van der Waals surface area contributed by atoms with Crippen LogP contribution in [-0.4, -0.2) is 87.6 Å². The standard InChI is InChI=1S/C40H34F4N8O8S/c1-39(2)37(59)51(25-10-7-19(16-45)31(32(25)41)40(42,43)44)38(61)52(39)20-8-9-24(48-17-20)22-15-23(22)33(55)47-14-4-13-46-29(54)18-60-27-6-3-5-21-30(27)36(58)50(35(21)57)26-11-12-28(53)49-34(26)56/h3,5-10,17,22-23,26H,4,11-15,18H2,1-2H3,(H,46,54)(H,47,55)(H,49,53,56)/t22-,23?,26?/m0/s1. The minimum atomic E-state index is -5.22. The zero-order valence-electron chi connectivity index (χ0n) is 32.2. The molecule has 4 heterocycles. The van der Waals surface area contributed by atoms with Crippen molar-refractivity contribution in [2.75, 3.05) is 29.5 Å². The molecule has 16 nitrogen and oxygen atoms in total. The van der Waals surface area contributed by atoms with Crippen molar-refractivity contribution in [1.82, 2.24) is 25.8 Å². The molecular weight excluding hydrogens is 829 g/mol. The number of alkyl halides is 3. The van der Waals surface area contributed by atoms with Crippen LogP contribution in [0.2, 0.25) is 0 Å². The summed E-state index contributed by atoms with van der Waals surface area (Å²) in [4.78, 5) is 96.3. The molecule has 3 aliphatic heterocycles. The third kappa shape index (κ3) is 7.74. The van der Waals surface area contributed by atoms with E-state index in [2.05, 4.69) is 20.9 Å². The summed E-state index contributed by atoms with van der Waals surface area (Å²) in [6.45, 7) is 2.83. The molecule has 0 radical (unpaired) electrons. The highest BCUT2D eigenvalue weighted by atomic mass is 32.1. The number of carbonyl (C=O) groups excluding carboxylic acids is 7. The summed E-state index contributed by atoms with van der Waals surface area (Å²) in [5, 5.41) is 16.4. The van der Waals surface area contributed by atoms with Crippen LogP contribution >= 0.6 is 12.2 Å². The van der Waals surface area contributed by atoms with Gasteiger partial charge in [-0.15, -0.1) is 0 Å². The van der Waals surface area contributed by atoms with E-state index in [1.54, 1.807) is 12.1 Å². The third-order valence-corrected chi connectivity index (χ3v) is 11.1. The van der Waals surface area contributed by atoms with Crippen molar-refractivity contribution in [3.05, 3.63) is 82.4 Å². The monoisotopic (exact) mass is 862 g/mol. The number of fused-ring (bicyclic) bond motifs is 1. The van der Waals surface area contributed by atoms with Crippen molar-refractivity contribution in [3.8, 4) is 11.8 Å². The van der Waals surface area contributed by atoms with Gasteiger partial charge in [-0.2, -0.15) is 18.4 Å². The number of nitriles is 1. The number of halogens is 4. The van der Waals surface area contributed by atoms with Gasteiger partial charge >= 0.3 is 6.18 Å². The second-order valence-corrected chi connectivity index (χ2v) is 15.4. The molecule has 316 valence electrons. The number of pyridine rings is 1. The van der Waals surface area contributed by atoms with Gasteiger partial charge in [-0.1, -0.05) is 6.07 Å². The average Bonchev–Trinajstić information content (AvgIpc) is 3.94. The number of rotatable bonds is 12. The molecular formula is C40H34F4N8O8S. The number of nitrogens with zero attached hydrogens (tertiary/aromatic N) is 5. The van der Waals surface area contributed by atoms with Crippen molar-refractivity contribution in [3.63, 3.8) is 0 Å². The maximum Gasteiger partial charge on any atom is 0.420 e. The second-order valence-electron chi connectivity index (χ2n) is 15.0. The van der Waals surface area contributed by atoms with Gasteiger partial charge in [0, 0.05) is 37.0 Å². The summed E-state index contributed by atoms with van der Waals surface area (Å²) in [6, 6.07) is 9.34. The van der Waals surface area contributed by atoms with Crippen LogP contribution in [0.25, 0.3) is 0 Å². The highest BCUT2D eigenvalue weighted by Crippen LogP contribution is 2.47. The average molecular weight is 863 g/mol. The first-order valence-electron chi connectivity index (χ1n) is 18.8. The lowest BCUT2D eigenvalue weighted by atomic mass is 10.0. The van der Waals surface area contributed by atoms with E-state index >= 15 is 4.39 Å². The molecule has 61 heavy (non-hydrogen) atoms. The lowest BCUT2D eigenvalue weighted by Gasteiger charge is -2.29. The number of hydrogen-bond acceptors (Lipinski definition) is 11. The zero-order chi connectivity index (χ0) is 44.1. The van der Waals surface area contributed by atoms with Crippen molar-refractivity contribution in [1.29, 1.82) is 5.26 Å². The summed E-state index contributed by atoms with van der Waals surface area (Å²) < 4.78 is 62.1. The van der Waals surface area contributed by atoms with Crippen LogP contribution < -0.4 is 30.5 Å². The highest BCUT2D eigenvalue weighted by molar-refractivity contribution is 7.81. The van der Waals surface area contributed by atoms with Crippen molar-refractivity contribution in [2.24, 2.45) is 5.92 Å². The number of aromatic nitrogens is 1. The second kappa shape index (κ2) is 16.0. The van der Waals surface area contributed by atoms with Crippen molar-refractivity contribution < 1.29 is 55.9 Å². The SMILES string of the molecule is CC1(C)C(=O)N(c2ccc(C#N)c(C(F)(F)F)c2F)C(=S)N1c1ccc([C@H]2CC2C(=O)NCCCNC(=O)COc2cccc3c2C(=O)N(C2CCC(=O)NC2=O)C3=O)nc1. The van der Waals surface area contributed by atoms with Gasteiger partial charge in [-0.25, -0.2) is 4.39 Å². The molecule has 3 fully saturated rings. The maximum atomic E-state index is 15.4. The van der Waals surface area contributed by atoms with E-state index in [9.17, 15) is 46.7 Å². The number of thiocarbonyl (C=S) groups is 1. The molecule has 3 atom stereocenters.